The Labute approximate surface area is 108 Å². The van der Waals surface area contributed by atoms with Gasteiger partial charge in [-0.25, -0.2) is 0 Å². The molecule has 0 fully saturated rings. The first-order chi connectivity index (χ1) is 8.43. The van der Waals surface area contributed by atoms with Gasteiger partial charge in [0.15, 0.2) is 5.43 Å². The second-order valence-corrected chi connectivity index (χ2v) is 5.02. The predicted molar refractivity (Wildman–Crippen MR) is 72.8 cm³/mol. The summed E-state index contributed by atoms with van der Waals surface area (Å²) in [6.45, 7) is 8.03. The lowest BCUT2D eigenvalue weighted by molar-refractivity contribution is 0.0934. The first-order valence-corrected chi connectivity index (χ1v) is 6.44. The van der Waals surface area contributed by atoms with E-state index in [1.54, 1.807) is 6.92 Å². The average molecular weight is 250 g/mol. The largest absolute Gasteiger partial charge is 0.364 e. The normalized spacial score (nSPS) is 14.0. The van der Waals surface area contributed by atoms with Crippen molar-refractivity contribution in [2.45, 2.75) is 46.6 Å². The number of pyridine rings is 1. The van der Waals surface area contributed by atoms with Crippen LogP contribution in [0.2, 0.25) is 0 Å². The smallest absolute Gasteiger partial charge is 0.256 e. The molecule has 18 heavy (non-hydrogen) atoms. The molecule has 0 aliphatic rings. The fourth-order valence-corrected chi connectivity index (χ4v) is 1.88. The monoisotopic (exact) mass is 250 g/mol. The second kappa shape index (κ2) is 6.38. The highest BCUT2D eigenvalue weighted by Gasteiger charge is 2.14. The zero-order chi connectivity index (χ0) is 13.7. The molecule has 1 amide bonds. The van der Waals surface area contributed by atoms with E-state index >= 15 is 0 Å². The Balaban J connectivity index is 2.68. The van der Waals surface area contributed by atoms with Crippen LogP contribution in [0.1, 0.15) is 49.7 Å². The summed E-state index contributed by atoms with van der Waals surface area (Å²) in [6, 6.07) is 1.52. The number of hydrogen-bond acceptors (Lipinski definition) is 2. The number of aromatic amines is 1. The fourth-order valence-electron chi connectivity index (χ4n) is 1.88. The number of nitrogens with one attached hydrogen (secondary N) is 2. The Kier molecular flexibility index (Phi) is 5.13. The van der Waals surface area contributed by atoms with Crippen LogP contribution in [-0.2, 0) is 0 Å². The van der Waals surface area contributed by atoms with E-state index in [2.05, 4.69) is 24.1 Å². The van der Waals surface area contributed by atoms with Gasteiger partial charge in [-0.15, -0.1) is 0 Å². The summed E-state index contributed by atoms with van der Waals surface area (Å²) in [5.74, 6) is 0.267. The molecule has 1 aromatic rings. The van der Waals surface area contributed by atoms with E-state index in [0.29, 0.717) is 5.92 Å². The van der Waals surface area contributed by atoms with Crippen molar-refractivity contribution >= 4 is 5.91 Å². The third kappa shape index (κ3) is 4.02. The van der Waals surface area contributed by atoms with Crippen molar-refractivity contribution in [1.29, 1.82) is 0 Å². The van der Waals surface area contributed by atoms with Crippen LogP contribution in [0.25, 0.3) is 0 Å². The molecule has 0 aromatic carbocycles. The molecule has 1 heterocycles. The fraction of sp³-hybridized carbons (Fsp3) is 0.571. The van der Waals surface area contributed by atoms with E-state index < -0.39 is 0 Å². The number of aryl methyl sites for hydroxylation is 1. The minimum absolute atomic E-state index is 0.0770. The third-order valence-corrected chi connectivity index (χ3v) is 3.13. The Morgan fingerprint density at radius 1 is 1.44 bits per heavy atom. The van der Waals surface area contributed by atoms with Gasteiger partial charge >= 0.3 is 0 Å². The number of hydrogen-bond donors (Lipinski definition) is 2. The van der Waals surface area contributed by atoms with Crippen LogP contribution in [0.15, 0.2) is 17.1 Å². The first-order valence-electron chi connectivity index (χ1n) is 6.44. The SMILES string of the molecule is CC[C@@H](C)C[C@H](C)NC(=O)c1c[nH]c(C)cc1=O. The van der Waals surface area contributed by atoms with Gasteiger partial charge in [-0.2, -0.15) is 0 Å². The molecule has 0 spiro atoms. The summed E-state index contributed by atoms with van der Waals surface area (Å²) in [5, 5.41) is 2.86. The molecule has 1 rings (SSSR count). The standard InChI is InChI=1S/C14H22N2O2/c1-5-9(2)6-11(4)16-14(18)12-8-15-10(3)7-13(12)17/h7-9,11H,5-6H2,1-4H3,(H,15,17)(H,16,18)/t9-,11+/m1/s1. The number of H-pyrrole nitrogens is 1. The maximum Gasteiger partial charge on any atom is 0.256 e. The minimum atomic E-state index is -0.299. The molecule has 2 atom stereocenters. The molecular formula is C14H22N2O2. The lowest BCUT2D eigenvalue weighted by atomic mass is 10.0. The Morgan fingerprint density at radius 3 is 2.67 bits per heavy atom. The number of aromatic nitrogens is 1. The van der Waals surface area contributed by atoms with E-state index in [1.807, 2.05) is 6.92 Å². The van der Waals surface area contributed by atoms with Gasteiger partial charge in [-0.05, 0) is 26.2 Å². The molecule has 0 bridgehead atoms. The van der Waals surface area contributed by atoms with Crippen LogP contribution >= 0.6 is 0 Å². The predicted octanol–water partition coefficient (Wildman–Crippen LogP) is 2.24. The van der Waals surface area contributed by atoms with E-state index in [9.17, 15) is 9.59 Å². The lowest BCUT2D eigenvalue weighted by Gasteiger charge is -2.17. The van der Waals surface area contributed by atoms with Crippen molar-refractivity contribution < 1.29 is 4.79 Å². The molecule has 0 saturated heterocycles. The van der Waals surface area contributed by atoms with Crippen molar-refractivity contribution in [3.8, 4) is 0 Å². The van der Waals surface area contributed by atoms with Crippen molar-refractivity contribution in [2.75, 3.05) is 0 Å². The summed E-state index contributed by atoms with van der Waals surface area (Å²) in [4.78, 5) is 26.5. The van der Waals surface area contributed by atoms with E-state index in [1.165, 1.54) is 12.3 Å². The van der Waals surface area contributed by atoms with E-state index in [4.69, 9.17) is 0 Å². The quantitative estimate of drug-likeness (QED) is 0.841. The summed E-state index contributed by atoms with van der Waals surface area (Å²) < 4.78 is 0. The maximum absolute atomic E-state index is 11.9. The molecule has 0 saturated carbocycles. The Morgan fingerprint density at radius 2 is 2.11 bits per heavy atom. The van der Waals surface area contributed by atoms with Gasteiger partial charge in [0.05, 0.1) is 0 Å². The zero-order valence-electron chi connectivity index (χ0n) is 11.5. The van der Waals surface area contributed by atoms with E-state index in [-0.39, 0.29) is 22.9 Å². The number of carbonyl (C=O) groups is 1. The van der Waals surface area contributed by atoms with E-state index in [0.717, 1.165) is 18.5 Å². The van der Waals surface area contributed by atoms with Crippen molar-refractivity contribution in [3.63, 3.8) is 0 Å². The number of amides is 1. The maximum atomic E-state index is 11.9. The highest BCUT2D eigenvalue weighted by atomic mass is 16.2. The Bertz CT molecular complexity index is 465. The topological polar surface area (TPSA) is 62.0 Å². The highest BCUT2D eigenvalue weighted by molar-refractivity contribution is 5.93. The molecule has 4 heteroatoms. The van der Waals surface area contributed by atoms with Crippen LogP contribution < -0.4 is 10.7 Å². The van der Waals surface area contributed by atoms with Crippen LogP contribution in [-0.4, -0.2) is 16.9 Å². The van der Waals surface area contributed by atoms with Crippen LogP contribution in [0.4, 0.5) is 0 Å². The van der Waals surface area contributed by atoms with Gasteiger partial charge in [-0.3, -0.25) is 9.59 Å². The molecule has 0 radical (unpaired) electrons. The van der Waals surface area contributed by atoms with Gasteiger partial charge in [0, 0.05) is 24.0 Å². The Hall–Kier alpha value is -1.58. The highest BCUT2D eigenvalue weighted by Crippen LogP contribution is 2.09. The molecule has 0 aliphatic heterocycles. The second-order valence-electron chi connectivity index (χ2n) is 5.02. The van der Waals surface area contributed by atoms with Gasteiger partial charge < -0.3 is 10.3 Å². The van der Waals surface area contributed by atoms with Crippen LogP contribution in [0, 0.1) is 12.8 Å². The summed E-state index contributed by atoms with van der Waals surface area (Å²) >= 11 is 0. The zero-order valence-corrected chi connectivity index (χ0v) is 11.5. The van der Waals surface area contributed by atoms with Crippen LogP contribution in [0.3, 0.4) is 0 Å². The van der Waals surface area contributed by atoms with Gasteiger partial charge in [0.25, 0.3) is 5.91 Å². The van der Waals surface area contributed by atoms with Crippen molar-refractivity contribution in [1.82, 2.24) is 10.3 Å². The van der Waals surface area contributed by atoms with Gasteiger partial charge in [0.2, 0.25) is 0 Å². The minimum Gasteiger partial charge on any atom is -0.364 e. The first kappa shape index (κ1) is 14.5. The molecular weight excluding hydrogens is 228 g/mol. The molecule has 1 aromatic heterocycles. The molecule has 0 unspecified atom stereocenters. The van der Waals surface area contributed by atoms with Crippen molar-refractivity contribution in [2.24, 2.45) is 5.92 Å². The lowest BCUT2D eigenvalue weighted by Crippen LogP contribution is -2.36. The van der Waals surface area contributed by atoms with Gasteiger partial charge in [0.1, 0.15) is 5.56 Å². The summed E-state index contributed by atoms with van der Waals surface area (Å²) in [7, 11) is 0. The average Bonchev–Trinajstić information content (AvgIpc) is 2.28. The van der Waals surface area contributed by atoms with Gasteiger partial charge in [-0.1, -0.05) is 20.3 Å². The van der Waals surface area contributed by atoms with Crippen molar-refractivity contribution in [3.05, 3.63) is 33.7 Å². The number of rotatable bonds is 5. The molecule has 2 N–H and O–H groups in total. The number of carbonyl (C=O) groups excluding carboxylic acids is 1. The third-order valence-electron chi connectivity index (χ3n) is 3.13. The summed E-state index contributed by atoms with van der Waals surface area (Å²) in [5.41, 5.74) is 0.695. The molecule has 0 aliphatic carbocycles. The molecule has 4 nitrogen and oxygen atoms in total. The summed E-state index contributed by atoms with van der Waals surface area (Å²) in [6.07, 6.45) is 3.49. The van der Waals surface area contributed by atoms with Crippen LogP contribution in [0.5, 0.6) is 0 Å². The molecule has 100 valence electrons.